The summed E-state index contributed by atoms with van der Waals surface area (Å²) in [6, 6.07) is 12.8. The van der Waals surface area contributed by atoms with Gasteiger partial charge in [-0.3, -0.25) is 0 Å². The molecule has 0 atom stereocenters. The number of fused-ring (bicyclic) bond motifs is 1. The summed E-state index contributed by atoms with van der Waals surface area (Å²) in [6.45, 7) is 0. The summed E-state index contributed by atoms with van der Waals surface area (Å²) < 4.78 is 38.9. The molecule has 7 heteroatoms. The lowest BCUT2D eigenvalue weighted by Crippen LogP contribution is -2.11. The highest BCUT2D eigenvalue weighted by Crippen LogP contribution is 2.35. The molecule has 0 unspecified atom stereocenters. The Hall–Kier alpha value is -2.34. The van der Waals surface area contributed by atoms with E-state index < -0.39 is 11.7 Å². The molecule has 3 nitrogen and oxygen atoms in total. The molecule has 0 amide bonds. The van der Waals surface area contributed by atoms with Gasteiger partial charge in [-0.25, -0.2) is 4.98 Å². The highest BCUT2D eigenvalue weighted by atomic mass is 35.5. The zero-order chi connectivity index (χ0) is 15.7. The smallest absolute Gasteiger partial charge is 0.340 e. The first-order valence-corrected chi connectivity index (χ1v) is 6.67. The number of nitrogens with one attached hydrogen (secondary N) is 1. The second-order valence-corrected chi connectivity index (χ2v) is 4.92. The maximum absolute atomic E-state index is 13.0. The Bertz CT molecular complexity index is 834. The molecule has 0 fully saturated rings. The first kappa shape index (κ1) is 14.6. The number of hydrogen-bond acceptors (Lipinski definition) is 3. The molecule has 0 saturated carbocycles. The molecular weight excluding hydrogens is 315 g/mol. The number of anilines is 2. The van der Waals surface area contributed by atoms with Crippen LogP contribution in [-0.4, -0.2) is 9.97 Å². The van der Waals surface area contributed by atoms with Crippen LogP contribution in [0.1, 0.15) is 5.56 Å². The molecule has 1 N–H and O–H groups in total. The molecule has 112 valence electrons. The lowest BCUT2D eigenvalue weighted by Gasteiger charge is -2.13. The van der Waals surface area contributed by atoms with Gasteiger partial charge in [0, 0.05) is 11.9 Å². The minimum absolute atomic E-state index is 0.253. The number of aromatic nitrogens is 2. The van der Waals surface area contributed by atoms with Gasteiger partial charge in [0.25, 0.3) is 0 Å². The SMILES string of the molecule is FC(F)(F)c1cnc(Cl)nc1Nc1ccc2ccccc2c1. The largest absolute Gasteiger partial charge is 0.421 e. The second kappa shape index (κ2) is 5.46. The number of nitrogens with zero attached hydrogens (tertiary/aromatic N) is 2. The Labute approximate surface area is 128 Å². The molecule has 1 heterocycles. The van der Waals surface area contributed by atoms with Crippen LogP contribution < -0.4 is 5.32 Å². The van der Waals surface area contributed by atoms with E-state index in [0.29, 0.717) is 11.9 Å². The van der Waals surface area contributed by atoms with Gasteiger partial charge < -0.3 is 5.32 Å². The third-order valence-corrected chi connectivity index (χ3v) is 3.26. The minimum Gasteiger partial charge on any atom is -0.340 e. The average Bonchev–Trinajstić information content (AvgIpc) is 2.46. The highest BCUT2D eigenvalue weighted by molar-refractivity contribution is 6.28. The minimum atomic E-state index is -4.57. The Morgan fingerprint density at radius 2 is 1.73 bits per heavy atom. The summed E-state index contributed by atoms with van der Waals surface area (Å²) in [6.07, 6.45) is -3.90. The standard InChI is InChI=1S/C15H9ClF3N3/c16-14-20-8-12(15(17,18)19)13(22-14)21-11-6-5-9-3-1-2-4-10(9)7-11/h1-8H,(H,20,21,22). The number of halogens is 4. The molecule has 0 bridgehead atoms. The molecule has 0 saturated heterocycles. The van der Waals surface area contributed by atoms with Gasteiger partial charge in [-0.15, -0.1) is 0 Å². The third-order valence-electron chi connectivity index (χ3n) is 3.08. The summed E-state index contributed by atoms with van der Waals surface area (Å²) in [4.78, 5) is 7.03. The van der Waals surface area contributed by atoms with Gasteiger partial charge in [-0.2, -0.15) is 18.2 Å². The van der Waals surface area contributed by atoms with E-state index >= 15 is 0 Å². The van der Waals surface area contributed by atoms with E-state index in [1.54, 1.807) is 12.1 Å². The predicted molar refractivity (Wildman–Crippen MR) is 79.3 cm³/mol. The summed E-state index contributed by atoms with van der Waals surface area (Å²) in [7, 11) is 0. The van der Waals surface area contributed by atoms with Crippen LogP contribution in [0.25, 0.3) is 10.8 Å². The molecule has 22 heavy (non-hydrogen) atoms. The molecule has 3 aromatic rings. The highest BCUT2D eigenvalue weighted by Gasteiger charge is 2.35. The lowest BCUT2D eigenvalue weighted by atomic mass is 10.1. The fraction of sp³-hybridized carbons (Fsp3) is 0.0667. The van der Waals surface area contributed by atoms with Gasteiger partial charge in [-0.05, 0) is 34.5 Å². The van der Waals surface area contributed by atoms with Gasteiger partial charge in [0.1, 0.15) is 11.4 Å². The van der Waals surface area contributed by atoms with E-state index in [1.165, 1.54) is 0 Å². The van der Waals surface area contributed by atoms with Crippen molar-refractivity contribution in [1.29, 1.82) is 0 Å². The van der Waals surface area contributed by atoms with Crippen molar-refractivity contribution in [2.75, 3.05) is 5.32 Å². The van der Waals surface area contributed by atoms with Crippen molar-refractivity contribution in [3.05, 3.63) is 59.5 Å². The Kier molecular flexibility index (Phi) is 3.62. The monoisotopic (exact) mass is 323 g/mol. The molecule has 0 aliphatic heterocycles. The molecule has 0 aliphatic carbocycles. The van der Waals surface area contributed by atoms with E-state index in [-0.39, 0.29) is 11.1 Å². The van der Waals surface area contributed by atoms with Crippen LogP contribution in [0.3, 0.4) is 0 Å². The van der Waals surface area contributed by atoms with Crippen LogP contribution in [0.4, 0.5) is 24.7 Å². The number of alkyl halides is 3. The van der Waals surface area contributed by atoms with Crippen LogP contribution in [0.2, 0.25) is 5.28 Å². The van der Waals surface area contributed by atoms with Crippen molar-refractivity contribution >= 4 is 33.9 Å². The molecule has 2 aromatic carbocycles. The van der Waals surface area contributed by atoms with E-state index in [0.717, 1.165) is 10.8 Å². The fourth-order valence-corrected chi connectivity index (χ4v) is 2.20. The van der Waals surface area contributed by atoms with Crippen molar-refractivity contribution in [3.8, 4) is 0 Å². The second-order valence-electron chi connectivity index (χ2n) is 4.59. The van der Waals surface area contributed by atoms with Crippen LogP contribution in [0.15, 0.2) is 48.7 Å². The quantitative estimate of drug-likeness (QED) is 0.671. The van der Waals surface area contributed by atoms with E-state index in [1.807, 2.05) is 30.3 Å². The summed E-state index contributed by atoms with van der Waals surface area (Å²) in [5.74, 6) is -0.372. The summed E-state index contributed by atoms with van der Waals surface area (Å²) >= 11 is 5.60. The van der Waals surface area contributed by atoms with E-state index in [4.69, 9.17) is 11.6 Å². The predicted octanol–water partition coefficient (Wildman–Crippen LogP) is 5.05. The van der Waals surface area contributed by atoms with Gasteiger partial charge in [0.15, 0.2) is 0 Å². The average molecular weight is 324 g/mol. The van der Waals surface area contributed by atoms with Gasteiger partial charge >= 0.3 is 6.18 Å². The van der Waals surface area contributed by atoms with Crippen LogP contribution >= 0.6 is 11.6 Å². The van der Waals surface area contributed by atoms with Crippen LogP contribution in [0.5, 0.6) is 0 Å². The molecular formula is C15H9ClF3N3. The van der Waals surface area contributed by atoms with Gasteiger partial charge in [0.05, 0.1) is 0 Å². The maximum atomic E-state index is 13.0. The summed E-state index contributed by atoms with van der Waals surface area (Å²) in [5, 5.41) is 4.30. The van der Waals surface area contributed by atoms with Crippen molar-refractivity contribution < 1.29 is 13.2 Å². The number of rotatable bonds is 2. The Morgan fingerprint density at radius 1 is 1.00 bits per heavy atom. The van der Waals surface area contributed by atoms with Crippen molar-refractivity contribution in [2.45, 2.75) is 6.18 Å². The maximum Gasteiger partial charge on any atom is 0.421 e. The molecule has 3 rings (SSSR count). The van der Waals surface area contributed by atoms with Crippen molar-refractivity contribution in [1.82, 2.24) is 9.97 Å². The fourth-order valence-electron chi connectivity index (χ4n) is 2.07. The molecule has 0 spiro atoms. The van der Waals surface area contributed by atoms with Crippen molar-refractivity contribution in [2.24, 2.45) is 0 Å². The van der Waals surface area contributed by atoms with Gasteiger partial charge in [0.2, 0.25) is 5.28 Å². The normalized spacial score (nSPS) is 11.6. The van der Waals surface area contributed by atoms with Gasteiger partial charge in [-0.1, -0.05) is 30.3 Å². The van der Waals surface area contributed by atoms with Crippen LogP contribution in [-0.2, 0) is 6.18 Å². The van der Waals surface area contributed by atoms with Crippen molar-refractivity contribution in [3.63, 3.8) is 0 Å². The van der Waals surface area contributed by atoms with Crippen LogP contribution in [0, 0.1) is 0 Å². The van der Waals surface area contributed by atoms with E-state index in [2.05, 4.69) is 15.3 Å². The number of benzene rings is 2. The zero-order valence-corrected chi connectivity index (χ0v) is 11.8. The third kappa shape index (κ3) is 2.96. The topological polar surface area (TPSA) is 37.8 Å². The lowest BCUT2D eigenvalue weighted by molar-refractivity contribution is -0.137. The molecule has 1 aromatic heterocycles. The molecule has 0 aliphatic rings. The van der Waals surface area contributed by atoms with E-state index in [9.17, 15) is 13.2 Å². The Morgan fingerprint density at radius 3 is 2.45 bits per heavy atom. The number of hydrogen-bond donors (Lipinski definition) is 1. The molecule has 0 radical (unpaired) electrons. The summed E-state index contributed by atoms with van der Waals surface area (Å²) in [5.41, 5.74) is -0.482. The first-order valence-electron chi connectivity index (χ1n) is 6.29. The first-order chi connectivity index (χ1) is 10.4. The Balaban J connectivity index is 2.02. The zero-order valence-electron chi connectivity index (χ0n) is 11.0.